The Morgan fingerprint density at radius 2 is 1.97 bits per heavy atom. The van der Waals surface area contributed by atoms with E-state index in [1.807, 2.05) is 11.6 Å². The summed E-state index contributed by atoms with van der Waals surface area (Å²) in [7, 11) is 1.91. The number of likely N-dealkylation sites (tertiary alicyclic amines) is 1. The highest BCUT2D eigenvalue weighted by Crippen LogP contribution is 2.23. The quantitative estimate of drug-likeness (QED) is 0.359. The molecule has 192 valence electrons. The highest BCUT2D eigenvalue weighted by Gasteiger charge is 2.23. The van der Waals surface area contributed by atoms with Gasteiger partial charge in [-0.05, 0) is 49.2 Å². The summed E-state index contributed by atoms with van der Waals surface area (Å²) < 4.78 is 27.5. The molecule has 0 saturated carbocycles. The van der Waals surface area contributed by atoms with Crippen LogP contribution in [0.4, 0.5) is 4.39 Å². The smallest absolute Gasteiger partial charge is 0.335 e. The van der Waals surface area contributed by atoms with Gasteiger partial charge in [0, 0.05) is 37.4 Å². The molecule has 5 rings (SSSR count). The number of aryl methyl sites for hydroxylation is 1. The van der Waals surface area contributed by atoms with Gasteiger partial charge in [-0.3, -0.25) is 4.90 Å². The first-order chi connectivity index (χ1) is 17.9. The van der Waals surface area contributed by atoms with Gasteiger partial charge in [0.2, 0.25) is 5.88 Å². The van der Waals surface area contributed by atoms with E-state index in [1.165, 1.54) is 12.1 Å². The van der Waals surface area contributed by atoms with E-state index in [0.29, 0.717) is 23.3 Å². The van der Waals surface area contributed by atoms with Crippen LogP contribution in [-0.4, -0.2) is 54.7 Å². The number of halogens is 2. The molecule has 11 heteroatoms. The van der Waals surface area contributed by atoms with Gasteiger partial charge in [-0.1, -0.05) is 11.6 Å². The van der Waals surface area contributed by atoms with E-state index < -0.39 is 11.8 Å². The number of hydrogen-bond donors (Lipinski definition) is 1. The Balaban J connectivity index is 1.15. The lowest BCUT2D eigenvalue weighted by Gasteiger charge is -2.31. The Hall–Kier alpha value is -3.76. The van der Waals surface area contributed by atoms with Gasteiger partial charge in [0.25, 0.3) is 0 Å². The van der Waals surface area contributed by atoms with Crippen LogP contribution in [0, 0.1) is 5.82 Å². The SMILES string of the molecule is Cn1c(CN2CCC(Oc3ccnc(COc4ccc(Cl)cc4F)n3)CC2)nc2ccc(C(=O)O)cc21. The zero-order chi connectivity index (χ0) is 25.9. The number of carboxylic acids is 1. The minimum atomic E-state index is -0.953. The number of aromatic carboxylic acids is 1. The monoisotopic (exact) mass is 525 g/mol. The molecule has 0 unspecified atom stereocenters. The molecule has 0 aliphatic carbocycles. The fraction of sp³-hybridized carbons (Fsp3) is 0.308. The third-order valence-electron chi connectivity index (χ3n) is 6.34. The Labute approximate surface area is 217 Å². The topological polar surface area (TPSA) is 103 Å². The van der Waals surface area contributed by atoms with E-state index in [2.05, 4.69) is 14.9 Å². The van der Waals surface area contributed by atoms with Crippen molar-refractivity contribution in [3.8, 4) is 11.6 Å². The summed E-state index contributed by atoms with van der Waals surface area (Å²) in [4.78, 5) is 26.9. The van der Waals surface area contributed by atoms with Crippen molar-refractivity contribution in [3.05, 3.63) is 76.7 Å². The predicted molar refractivity (Wildman–Crippen MR) is 134 cm³/mol. The molecule has 1 fully saturated rings. The lowest BCUT2D eigenvalue weighted by molar-refractivity contribution is 0.0697. The summed E-state index contributed by atoms with van der Waals surface area (Å²) in [5.41, 5.74) is 1.83. The molecule has 1 saturated heterocycles. The normalized spacial score (nSPS) is 14.7. The van der Waals surface area contributed by atoms with Gasteiger partial charge < -0.3 is 19.1 Å². The lowest BCUT2D eigenvalue weighted by Crippen LogP contribution is -2.38. The van der Waals surface area contributed by atoms with Crippen LogP contribution < -0.4 is 9.47 Å². The van der Waals surface area contributed by atoms with Crippen LogP contribution in [-0.2, 0) is 20.2 Å². The van der Waals surface area contributed by atoms with Crippen molar-refractivity contribution in [2.45, 2.75) is 32.1 Å². The van der Waals surface area contributed by atoms with Crippen LogP contribution in [0.1, 0.15) is 34.8 Å². The van der Waals surface area contributed by atoms with Crippen molar-refractivity contribution >= 4 is 28.6 Å². The molecule has 0 atom stereocenters. The molecule has 2 aromatic carbocycles. The number of hydrogen-bond acceptors (Lipinski definition) is 7. The molecular weight excluding hydrogens is 501 g/mol. The number of nitrogens with zero attached hydrogens (tertiary/aromatic N) is 5. The number of rotatable bonds is 8. The van der Waals surface area contributed by atoms with Gasteiger partial charge in [-0.15, -0.1) is 0 Å². The summed E-state index contributed by atoms with van der Waals surface area (Å²) in [6, 6.07) is 10.9. The average Bonchev–Trinajstić information content (AvgIpc) is 3.19. The van der Waals surface area contributed by atoms with Crippen LogP contribution >= 0.6 is 11.6 Å². The fourth-order valence-electron chi connectivity index (χ4n) is 4.32. The lowest BCUT2D eigenvalue weighted by atomic mass is 10.1. The summed E-state index contributed by atoms with van der Waals surface area (Å²) >= 11 is 5.77. The molecule has 37 heavy (non-hydrogen) atoms. The molecule has 9 nitrogen and oxygen atoms in total. The molecule has 1 aliphatic rings. The molecule has 2 aromatic heterocycles. The molecule has 1 N–H and O–H groups in total. The zero-order valence-corrected chi connectivity index (χ0v) is 20.9. The standard InChI is InChI=1S/C26H25ClFN5O4/c1-32-21-12-16(26(34)35)2-4-20(21)30-24(32)14-33-10-7-18(8-11-33)37-25-6-9-29-23(31-25)15-36-22-5-3-17(27)13-19(22)28/h2-6,9,12-13,18H,7-8,10-11,14-15H2,1H3,(H,34,35). The number of fused-ring (bicyclic) bond motifs is 1. The number of imidazole rings is 1. The Morgan fingerprint density at radius 1 is 1.16 bits per heavy atom. The van der Waals surface area contributed by atoms with E-state index in [4.69, 9.17) is 26.1 Å². The fourth-order valence-corrected chi connectivity index (χ4v) is 4.48. The number of ether oxygens (including phenoxy) is 2. The summed E-state index contributed by atoms with van der Waals surface area (Å²) in [5, 5.41) is 9.56. The van der Waals surface area contributed by atoms with Crippen molar-refractivity contribution in [1.82, 2.24) is 24.4 Å². The molecule has 3 heterocycles. The molecular formula is C26H25ClFN5O4. The second-order valence-electron chi connectivity index (χ2n) is 8.86. The third-order valence-corrected chi connectivity index (χ3v) is 6.57. The second-order valence-corrected chi connectivity index (χ2v) is 9.30. The molecule has 4 aromatic rings. The molecule has 1 aliphatic heterocycles. The van der Waals surface area contributed by atoms with Gasteiger partial charge >= 0.3 is 5.97 Å². The van der Waals surface area contributed by atoms with Crippen molar-refractivity contribution in [2.24, 2.45) is 7.05 Å². The minimum absolute atomic E-state index is 0.000172. The maximum Gasteiger partial charge on any atom is 0.335 e. The summed E-state index contributed by atoms with van der Waals surface area (Å²) in [6.07, 6.45) is 3.24. The minimum Gasteiger partial charge on any atom is -0.483 e. The first-order valence-corrected chi connectivity index (χ1v) is 12.2. The number of carbonyl (C=O) groups is 1. The molecule has 0 bridgehead atoms. The number of aromatic nitrogens is 4. The Bertz CT molecular complexity index is 1440. The van der Waals surface area contributed by atoms with Crippen LogP contribution in [0.2, 0.25) is 5.02 Å². The van der Waals surface area contributed by atoms with Crippen LogP contribution in [0.5, 0.6) is 11.6 Å². The van der Waals surface area contributed by atoms with E-state index in [1.54, 1.807) is 36.5 Å². The zero-order valence-electron chi connectivity index (χ0n) is 20.1. The van der Waals surface area contributed by atoms with Gasteiger partial charge in [-0.25, -0.2) is 19.2 Å². The largest absolute Gasteiger partial charge is 0.483 e. The average molecular weight is 526 g/mol. The predicted octanol–water partition coefficient (Wildman–Crippen LogP) is 4.48. The molecule has 0 amide bonds. The second kappa shape index (κ2) is 10.7. The van der Waals surface area contributed by atoms with Crippen molar-refractivity contribution in [3.63, 3.8) is 0 Å². The first-order valence-electron chi connectivity index (χ1n) is 11.8. The number of carboxylic acid groups (broad SMARTS) is 1. The maximum atomic E-state index is 13.9. The maximum absolute atomic E-state index is 13.9. The highest BCUT2D eigenvalue weighted by atomic mass is 35.5. The van der Waals surface area contributed by atoms with E-state index in [9.17, 15) is 14.3 Å². The highest BCUT2D eigenvalue weighted by molar-refractivity contribution is 6.30. The number of benzene rings is 2. The van der Waals surface area contributed by atoms with Gasteiger partial charge in [0.15, 0.2) is 17.4 Å². The Kier molecular flexibility index (Phi) is 7.20. The van der Waals surface area contributed by atoms with E-state index in [0.717, 1.165) is 42.8 Å². The Morgan fingerprint density at radius 3 is 2.73 bits per heavy atom. The van der Waals surface area contributed by atoms with Crippen LogP contribution in [0.3, 0.4) is 0 Å². The third kappa shape index (κ3) is 5.81. The van der Waals surface area contributed by atoms with Crippen molar-refractivity contribution in [2.75, 3.05) is 13.1 Å². The van der Waals surface area contributed by atoms with Crippen molar-refractivity contribution < 1.29 is 23.8 Å². The van der Waals surface area contributed by atoms with Crippen LogP contribution in [0.25, 0.3) is 11.0 Å². The van der Waals surface area contributed by atoms with Crippen molar-refractivity contribution in [1.29, 1.82) is 0 Å². The molecule has 0 radical (unpaired) electrons. The van der Waals surface area contributed by atoms with Gasteiger partial charge in [0.1, 0.15) is 18.5 Å². The first kappa shape index (κ1) is 24.9. The van der Waals surface area contributed by atoms with Gasteiger partial charge in [0.05, 0.1) is 23.1 Å². The van der Waals surface area contributed by atoms with E-state index >= 15 is 0 Å². The van der Waals surface area contributed by atoms with Crippen LogP contribution in [0.15, 0.2) is 48.7 Å². The van der Waals surface area contributed by atoms with E-state index in [-0.39, 0.29) is 24.0 Å². The van der Waals surface area contributed by atoms with Gasteiger partial charge in [-0.2, -0.15) is 4.98 Å². The number of piperidine rings is 1. The summed E-state index contributed by atoms with van der Waals surface area (Å²) in [5.74, 6) is 0.301. The molecule has 0 spiro atoms. The summed E-state index contributed by atoms with van der Waals surface area (Å²) in [6.45, 7) is 2.31.